The second-order valence-corrected chi connectivity index (χ2v) is 6.30. The van der Waals surface area contributed by atoms with E-state index in [1.54, 1.807) is 11.8 Å². The molecule has 0 saturated heterocycles. The van der Waals surface area contributed by atoms with Crippen molar-refractivity contribution in [2.75, 3.05) is 12.8 Å². The molecule has 5 nitrogen and oxygen atoms in total. The largest absolute Gasteiger partial charge is 0.481 e. The monoisotopic (exact) mass is 272 g/mol. The van der Waals surface area contributed by atoms with E-state index >= 15 is 0 Å². The lowest BCUT2D eigenvalue weighted by Gasteiger charge is -2.20. The Morgan fingerprint density at radius 2 is 2.11 bits per heavy atom. The first-order valence-electron chi connectivity index (χ1n) is 6.38. The molecule has 102 valence electrons. The van der Waals surface area contributed by atoms with E-state index in [2.05, 4.69) is 16.9 Å². The molecule has 3 N–H and O–H groups in total. The lowest BCUT2D eigenvalue weighted by atomic mass is 10.1. The average molecular weight is 272 g/mol. The number of hydrogen-bond donors (Lipinski definition) is 3. The van der Waals surface area contributed by atoms with Crippen molar-refractivity contribution in [1.82, 2.24) is 10.6 Å². The summed E-state index contributed by atoms with van der Waals surface area (Å²) < 4.78 is 0. The number of carbonyl (C=O) groups is 2. The number of nitrogens with one attached hydrogen (secondary N) is 2. The van der Waals surface area contributed by atoms with Crippen molar-refractivity contribution in [3.63, 3.8) is 0 Å². The van der Waals surface area contributed by atoms with Gasteiger partial charge in [-0.05, 0) is 31.9 Å². The van der Waals surface area contributed by atoms with Crippen molar-refractivity contribution >= 4 is 23.8 Å². The van der Waals surface area contributed by atoms with Crippen molar-refractivity contribution in [3.05, 3.63) is 0 Å². The highest BCUT2D eigenvalue weighted by atomic mass is 32.2. The molecule has 0 aromatic heterocycles. The Hall–Kier alpha value is -0.910. The molecule has 0 spiro atoms. The van der Waals surface area contributed by atoms with Gasteiger partial charge in [-0.3, -0.25) is 4.79 Å². The van der Waals surface area contributed by atoms with Crippen molar-refractivity contribution < 1.29 is 14.7 Å². The summed E-state index contributed by atoms with van der Waals surface area (Å²) in [6.07, 6.45) is 6.70. The summed E-state index contributed by atoms with van der Waals surface area (Å²) in [4.78, 5) is 22.7. The first-order valence-corrected chi connectivity index (χ1v) is 7.67. The molecule has 0 heterocycles. The van der Waals surface area contributed by atoms with Gasteiger partial charge in [0.15, 0.2) is 0 Å². The van der Waals surface area contributed by atoms with E-state index in [0.29, 0.717) is 18.1 Å². The Bertz CT molecular complexity index is 344. The molecule has 18 heavy (non-hydrogen) atoms. The maximum atomic E-state index is 11.7. The number of hydrogen-bond acceptors (Lipinski definition) is 3. The third-order valence-corrected chi connectivity index (χ3v) is 5.14. The molecule has 2 unspecified atom stereocenters. The van der Waals surface area contributed by atoms with E-state index in [-0.39, 0.29) is 18.6 Å². The summed E-state index contributed by atoms with van der Waals surface area (Å²) in [7, 11) is 0. The highest BCUT2D eigenvalue weighted by Gasteiger charge is 2.50. The second-order valence-electron chi connectivity index (χ2n) is 5.22. The summed E-state index contributed by atoms with van der Waals surface area (Å²) in [6.45, 7) is 0.241. The van der Waals surface area contributed by atoms with Gasteiger partial charge >= 0.3 is 12.0 Å². The number of amides is 2. The Labute approximate surface area is 111 Å². The van der Waals surface area contributed by atoms with Crippen molar-refractivity contribution in [1.29, 1.82) is 0 Å². The van der Waals surface area contributed by atoms with Crippen LogP contribution in [-0.4, -0.2) is 41.2 Å². The molecular weight excluding hydrogens is 252 g/mol. The third-order valence-electron chi connectivity index (χ3n) is 3.97. The number of thioether (sulfide) groups is 1. The predicted octanol–water partition coefficient (Wildman–Crippen LogP) is 1.43. The lowest BCUT2D eigenvalue weighted by Crippen LogP contribution is -2.46. The Morgan fingerprint density at radius 3 is 2.67 bits per heavy atom. The minimum atomic E-state index is -0.800. The first kappa shape index (κ1) is 13.5. The molecule has 0 bridgehead atoms. The smallest absolute Gasteiger partial charge is 0.315 e. The topological polar surface area (TPSA) is 78.4 Å². The molecule has 2 aliphatic carbocycles. The fourth-order valence-electron chi connectivity index (χ4n) is 2.46. The summed E-state index contributed by atoms with van der Waals surface area (Å²) in [6, 6.07) is -0.00606. The molecule has 0 aliphatic heterocycles. The van der Waals surface area contributed by atoms with Crippen LogP contribution in [0.2, 0.25) is 0 Å². The predicted molar refractivity (Wildman–Crippen MR) is 70.8 cm³/mol. The number of carboxylic acids is 1. The van der Waals surface area contributed by atoms with Crippen LogP contribution >= 0.6 is 11.8 Å². The normalized spacial score (nSPS) is 28.7. The molecule has 2 saturated carbocycles. The summed E-state index contributed by atoms with van der Waals surface area (Å²) >= 11 is 1.79. The molecule has 2 rings (SSSR count). The van der Waals surface area contributed by atoms with Gasteiger partial charge in [-0.25, -0.2) is 4.79 Å². The van der Waals surface area contributed by atoms with Crippen LogP contribution in [0.4, 0.5) is 4.79 Å². The first-order chi connectivity index (χ1) is 8.57. The number of carbonyl (C=O) groups excluding carboxylic acids is 1. The minimum absolute atomic E-state index is 0.222. The number of carboxylic acid groups (broad SMARTS) is 1. The second kappa shape index (κ2) is 5.38. The molecule has 0 radical (unpaired) electrons. The minimum Gasteiger partial charge on any atom is -0.481 e. The van der Waals surface area contributed by atoms with Crippen molar-refractivity contribution in [2.24, 2.45) is 5.41 Å². The van der Waals surface area contributed by atoms with Crippen LogP contribution in [-0.2, 0) is 4.79 Å². The van der Waals surface area contributed by atoms with Crippen LogP contribution in [0.1, 0.15) is 32.1 Å². The molecule has 0 aromatic rings. The van der Waals surface area contributed by atoms with Gasteiger partial charge in [0.1, 0.15) is 0 Å². The van der Waals surface area contributed by atoms with Gasteiger partial charge in [0.2, 0.25) is 0 Å². The third kappa shape index (κ3) is 2.91. The van der Waals surface area contributed by atoms with Gasteiger partial charge in [0.25, 0.3) is 0 Å². The zero-order valence-corrected chi connectivity index (χ0v) is 11.4. The maximum absolute atomic E-state index is 11.7. The maximum Gasteiger partial charge on any atom is 0.315 e. The average Bonchev–Trinajstić information content (AvgIpc) is 3.02. The molecule has 2 aliphatic rings. The van der Waals surface area contributed by atoms with E-state index in [1.807, 2.05) is 0 Å². The highest BCUT2D eigenvalue weighted by Crippen LogP contribution is 2.45. The van der Waals surface area contributed by atoms with E-state index in [4.69, 9.17) is 5.11 Å². The SMILES string of the molecule is CSC1CCCC1NC(=O)NCC1(C(=O)O)CC1. The van der Waals surface area contributed by atoms with Crippen molar-refractivity contribution in [3.8, 4) is 0 Å². The number of aliphatic carboxylic acids is 1. The highest BCUT2D eigenvalue weighted by molar-refractivity contribution is 7.99. The van der Waals surface area contributed by atoms with Crippen LogP contribution in [0.25, 0.3) is 0 Å². The zero-order chi connectivity index (χ0) is 13.2. The van der Waals surface area contributed by atoms with Gasteiger partial charge in [-0.2, -0.15) is 11.8 Å². The Morgan fingerprint density at radius 1 is 1.39 bits per heavy atom. The lowest BCUT2D eigenvalue weighted by molar-refractivity contribution is -0.143. The molecule has 2 atom stereocenters. The molecule has 0 aromatic carbocycles. The molecule has 2 fully saturated rings. The summed E-state index contributed by atoms with van der Waals surface area (Å²) in [5.41, 5.74) is -0.689. The standard InChI is InChI=1S/C12H20N2O3S/c1-18-9-4-2-3-8(9)14-11(17)13-7-12(5-6-12)10(15)16/h8-9H,2-7H2,1H3,(H,15,16)(H2,13,14,17). The summed E-state index contributed by atoms with van der Waals surface area (Å²) in [5.74, 6) is -0.800. The quantitative estimate of drug-likeness (QED) is 0.707. The van der Waals surface area contributed by atoms with Gasteiger partial charge in [-0.1, -0.05) is 6.42 Å². The van der Waals surface area contributed by atoms with Gasteiger partial charge in [0.05, 0.1) is 5.41 Å². The number of rotatable bonds is 5. The number of urea groups is 1. The van der Waals surface area contributed by atoms with Gasteiger partial charge < -0.3 is 15.7 Å². The van der Waals surface area contributed by atoms with Gasteiger partial charge in [-0.15, -0.1) is 0 Å². The van der Waals surface area contributed by atoms with E-state index in [1.165, 1.54) is 0 Å². The summed E-state index contributed by atoms with van der Waals surface area (Å²) in [5, 5.41) is 15.2. The van der Waals surface area contributed by atoms with Crippen LogP contribution in [0, 0.1) is 5.41 Å². The van der Waals surface area contributed by atoms with E-state index in [0.717, 1.165) is 19.3 Å². The molecular formula is C12H20N2O3S. The molecule has 2 amide bonds. The van der Waals surface area contributed by atoms with E-state index < -0.39 is 11.4 Å². The van der Waals surface area contributed by atoms with Crippen LogP contribution in [0.5, 0.6) is 0 Å². The van der Waals surface area contributed by atoms with Crippen LogP contribution in [0.3, 0.4) is 0 Å². The fourth-order valence-corrected chi connectivity index (χ4v) is 3.39. The van der Waals surface area contributed by atoms with Crippen LogP contribution < -0.4 is 10.6 Å². The van der Waals surface area contributed by atoms with Gasteiger partial charge in [0, 0.05) is 17.8 Å². The van der Waals surface area contributed by atoms with E-state index in [9.17, 15) is 9.59 Å². The van der Waals surface area contributed by atoms with Crippen LogP contribution in [0.15, 0.2) is 0 Å². The molecule has 6 heteroatoms. The zero-order valence-electron chi connectivity index (χ0n) is 10.6. The Kier molecular flexibility index (Phi) is 4.04. The Balaban J connectivity index is 1.74. The fraction of sp³-hybridized carbons (Fsp3) is 0.833. The van der Waals surface area contributed by atoms with Crippen molar-refractivity contribution in [2.45, 2.75) is 43.4 Å².